The van der Waals surface area contributed by atoms with E-state index >= 15 is 0 Å². The molecule has 1 aliphatic rings. The molecule has 2 rings (SSSR count). The Hall–Kier alpha value is -2.31. The first-order chi connectivity index (χ1) is 8.37. The fourth-order valence-electron chi connectivity index (χ4n) is 1.42. The summed E-state index contributed by atoms with van der Waals surface area (Å²) >= 11 is 0. The minimum atomic E-state index is -1.23. The van der Waals surface area contributed by atoms with Crippen molar-refractivity contribution >= 4 is 17.8 Å². The average molecular weight is 251 g/mol. The van der Waals surface area contributed by atoms with Crippen LogP contribution in [0.1, 0.15) is 13.8 Å². The van der Waals surface area contributed by atoms with Crippen LogP contribution >= 0.6 is 0 Å². The van der Waals surface area contributed by atoms with Crippen molar-refractivity contribution < 1.29 is 19.1 Å². The highest BCUT2D eigenvalue weighted by Crippen LogP contribution is 2.22. The third kappa shape index (κ3) is 2.50. The topological polar surface area (TPSA) is 82.5 Å². The van der Waals surface area contributed by atoms with Crippen molar-refractivity contribution in [3.8, 4) is 0 Å². The molecule has 0 radical (unpaired) electrons. The Labute approximate surface area is 103 Å². The van der Waals surface area contributed by atoms with Crippen LogP contribution in [0.5, 0.6) is 0 Å². The van der Waals surface area contributed by atoms with Gasteiger partial charge in [0.2, 0.25) is 0 Å². The van der Waals surface area contributed by atoms with Gasteiger partial charge in [-0.25, -0.2) is 9.59 Å². The normalized spacial score (nSPS) is 18.1. The monoisotopic (exact) mass is 251 g/mol. The number of anilines is 1. The zero-order valence-corrected chi connectivity index (χ0v) is 10.3. The highest BCUT2D eigenvalue weighted by Gasteiger charge is 2.38. The average Bonchev–Trinajstić information content (AvgIpc) is 2.61. The minimum Gasteiger partial charge on any atom is -0.419 e. The van der Waals surface area contributed by atoms with E-state index in [0.717, 1.165) is 0 Å². The number of esters is 2. The molecule has 1 aromatic rings. The molecule has 0 unspecified atom stereocenters. The van der Waals surface area contributed by atoms with Crippen molar-refractivity contribution in [3.63, 3.8) is 0 Å². The summed E-state index contributed by atoms with van der Waals surface area (Å²) in [4.78, 5) is 23.2. The number of cyclic esters (lactones) is 2. The summed E-state index contributed by atoms with van der Waals surface area (Å²) in [5.74, 6) is -2.16. The van der Waals surface area contributed by atoms with Crippen molar-refractivity contribution in [3.05, 3.63) is 24.0 Å². The Morgan fingerprint density at radius 2 is 1.94 bits per heavy atom. The van der Waals surface area contributed by atoms with E-state index in [0.29, 0.717) is 5.82 Å². The second-order valence-corrected chi connectivity index (χ2v) is 4.26. The first-order valence-electron chi connectivity index (χ1n) is 5.30. The second-order valence-electron chi connectivity index (χ2n) is 4.26. The molecule has 1 fully saturated rings. The Morgan fingerprint density at radius 1 is 1.33 bits per heavy atom. The molecule has 1 aromatic heterocycles. The third-order valence-corrected chi connectivity index (χ3v) is 2.19. The van der Waals surface area contributed by atoms with Crippen molar-refractivity contribution in [1.82, 2.24) is 9.78 Å². The predicted octanol–water partition coefficient (Wildman–Crippen LogP) is 0.552. The largest absolute Gasteiger partial charge is 0.419 e. The molecule has 7 heteroatoms. The van der Waals surface area contributed by atoms with Crippen LogP contribution in [-0.4, -0.2) is 27.5 Å². The Bertz CT molecular complexity index is 508. The molecular weight excluding hydrogens is 238 g/mol. The third-order valence-electron chi connectivity index (χ3n) is 2.19. The molecule has 1 N–H and O–H groups in total. The molecule has 1 aliphatic heterocycles. The Balaban J connectivity index is 2.13. The van der Waals surface area contributed by atoms with Gasteiger partial charge in [0, 0.05) is 39.4 Å². The molecule has 0 saturated carbocycles. The number of ether oxygens (including phenoxy) is 2. The Morgan fingerprint density at radius 3 is 2.44 bits per heavy atom. The highest BCUT2D eigenvalue weighted by molar-refractivity contribution is 6.15. The summed E-state index contributed by atoms with van der Waals surface area (Å²) in [5, 5.41) is 6.76. The van der Waals surface area contributed by atoms with Gasteiger partial charge in [-0.1, -0.05) is 0 Å². The maximum Gasteiger partial charge on any atom is 0.350 e. The van der Waals surface area contributed by atoms with Crippen molar-refractivity contribution in [2.24, 2.45) is 7.05 Å². The number of carbonyl (C=O) groups excluding carboxylic acids is 2. The van der Waals surface area contributed by atoms with Gasteiger partial charge in [0.1, 0.15) is 0 Å². The van der Waals surface area contributed by atoms with E-state index in [9.17, 15) is 9.59 Å². The van der Waals surface area contributed by atoms with Crippen molar-refractivity contribution in [2.75, 3.05) is 5.32 Å². The van der Waals surface area contributed by atoms with E-state index in [1.165, 1.54) is 20.0 Å². The van der Waals surface area contributed by atoms with E-state index in [4.69, 9.17) is 9.47 Å². The number of aromatic nitrogens is 2. The van der Waals surface area contributed by atoms with E-state index in [2.05, 4.69) is 10.4 Å². The smallest absolute Gasteiger partial charge is 0.350 e. The summed E-state index contributed by atoms with van der Waals surface area (Å²) in [5.41, 5.74) is -0.194. The van der Waals surface area contributed by atoms with Crippen molar-refractivity contribution in [2.45, 2.75) is 19.6 Å². The van der Waals surface area contributed by atoms with E-state index in [1.54, 1.807) is 24.0 Å². The second kappa shape index (κ2) is 4.17. The SMILES string of the molecule is Cn1ccc(NC=C2C(=O)OC(C)(C)OC2=O)n1. The number of rotatable bonds is 2. The first kappa shape index (κ1) is 12.2. The van der Waals surface area contributed by atoms with Crippen LogP contribution in [0.25, 0.3) is 0 Å². The predicted molar refractivity (Wildman–Crippen MR) is 61.2 cm³/mol. The van der Waals surface area contributed by atoms with Crippen LogP contribution in [-0.2, 0) is 26.1 Å². The molecular formula is C11H13N3O4. The molecule has 0 amide bonds. The number of hydrogen-bond donors (Lipinski definition) is 1. The lowest BCUT2D eigenvalue weighted by Crippen LogP contribution is -2.42. The van der Waals surface area contributed by atoms with Gasteiger partial charge in [0.15, 0.2) is 11.4 Å². The minimum absolute atomic E-state index is 0.194. The van der Waals surface area contributed by atoms with Gasteiger partial charge in [-0.2, -0.15) is 5.10 Å². The molecule has 0 bridgehead atoms. The molecule has 0 atom stereocenters. The molecule has 7 nitrogen and oxygen atoms in total. The highest BCUT2D eigenvalue weighted by atomic mass is 16.7. The van der Waals surface area contributed by atoms with Gasteiger partial charge in [-0.3, -0.25) is 4.68 Å². The Kier molecular flexibility index (Phi) is 2.82. The van der Waals surface area contributed by atoms with Gasteiger partial charge in [-0.05, 0) is 0 Å². The quantitative estimate of drug-likeness (QED) is 0.469. The summed E-state index contributed by atoms with van der Waals surface area (Å²) in [7, 11) is 1.75. The lowest BCUT2D eigenvalue weighted by molar-refractivity contribution is -0.222. The summed E-state index contributed by atoms with van der Waals surface area (Å²) in [6.07, 6.45) is 2.95. The lowest BCUT2D eigenvalue weighted by atomic mass is 10.2. The van der Waals surface area contributed by atoms with Gasteiger partial charge < -0.3 is 14.8 Å². The summed E-state index contributed by atoms with van der Waals surface area (Å²) < 4.78 is 11.5. The molecule has 0 aromatic carbocycles. The molecule has 0 aliphatic carbocycles. The molecule has 1 saturated heterocycles. The van der Waals surface area contributed by atoms with E-state index < -0.39 is 17.7 Å². The van der Waals surface area contributed by atoms with Crippen LogP contribution in [0.4, 0.5) is 5.82 Å². The van der Waals surface area contributed by atoms with Crippen LogP contribution in [0, 0.1) is 0 Å². The van der Waals surface area contributed by atoms with Gasteiger partial charge >= 0.3 is 11.9 Å². The van der Waals surface area contributed by atoms with Gasteiger partial charge in [0.05, 0.1) is 0 Å². The van der Waals surface area contributed by atoms with Crippen LogP contribution in [0.15, 0.2) is 24.0 Å². The number of aryl methyl sites for hydroxylation is 1. The summed E-state index contributed by atoms with van der Waals surface area (Å²) in [6.45, 7) is 2.98. The first-order valence-corrected chi connectivity index (χ1v) is 5.30. The van der Waals surface area contributed by atoms with Crippen LogP contribution in [0.2, 0.25) is 0 Å². The number of hydrogen-bond acceptors (Lipinski definition) is 6. The zero-order valence-electron chi connectivity index (χ0n) is 10.3. The summed E-state index contributed by atoms with van der Waals surface area (Å²) in [6, 6.07) is 1.69. The van der Waals surface area contributed by atoms with Gasteiger partial charge in [0.25, 0.3) is 5.79 Å². The fourth-order valence-corrected chi connectivity index (χ4v) is 1.42. The van der Waals surface area contributed by atoms with Crippen molar-refractivity contribution in [1.29, 1.82) is 0 Å². The maximum absolute atomic E-state index is 11.6. The molecule has 0 spiro atoms. The zero-order chi connectivity index (χ0) is 13.3. The number of nitrogens with zero attached hydrogens (tertiary/aromatic N) is 2. The van der Waals surface area contributed by atoms with E-state index in [1.807, 2.05) is 0 Å². The maximum atomic E-state index is 11.6. The molecule has 96 valence electrons. The fraction of sp³-hybridized carbons (Fsp3) is 0.364. The lowest BCUT2D eigenvalue weighted by Gasteiger charge is -2.29. The van der Waals surface area contributed by atoms with Crippen LogP contribution in [0.3, 0.4) is 0 Å². The number of nitrogens with one attached hydrogen (secondary N) is 1. The van der Waals surface area contributed by atoms with Crippen LogP contribution < -0.4 is 5.32 Å². The molecule has 2 heterocycles. The van der Waals surface area contributed by atoms with Gasteiger partial charge in [-0.15, -0.1) is 0 Å². The van der Waals surface area contributed by atoms with E-state index in [-0.39, 0.29) is 5.57 Å². The standard InChI is InChI=1S/C11H13N3O4/c1-11(2)17-9(15)7(10(16)18-11)6-12-8-4-5-14(3)13-8/h4-6H,1-3H3,(H,12,13). The number of carbonyl (C=O) groups is 2. The molecule has 18 heavy (non-hydrogen) atoms.